The van der Waals surface area contributed by atoms with E-state index in [0.717, 1.165) is 12.2 Å². The van der Waals surface area contributed by atoms with E-state index < -0.39 is 0 Å². The number of hydrogen-bond donors (Lipinski definition) is 1. The molecule has 0 atom stereocenters. The summed E-state index contributed by atoms with van der Waals surface area (Å²) in [4.78, 5) is 12.3. The first-order chi connectivity index (χ1) is 11.2. The molecule has 0 aliphatic heterocycles. The molecular formula is C17H20BrNO4. The highest BCUT2D eigenvalue weighted by atomic mass is 79.9. The molecule has 1 aromatic heterocycles. The van der Waals surface area contributed by atoms with Crippen LogP contribution in [-0.2, 0) is 6.42 Å². The molecule has 5 nitrogen and oxygen atoms in total. The van der Waals surface area contributed by atoms with Gasteiger partial charge in [-0.3, -0.25) is 4.79 Å². The third-order valence-corrected chi connectivity index (χ3v) is 3.77. The van der Waals surface area contributed by atoms with Gasteiger partial charge in [0.15, 0.2) is 11.5 Å². The Morgan fingerprint density at radius 1 is 1.39 bits per heavy atom. The van der Waals surface area contributed by atoms with E-state index in [4.69, 9.17) is 13.9 Å². The van der Waals surface area contributed by atoms with E-state index >= 15 is 0 Å². The van der Waals surface area contributed by atoms with Crippen LogP contribution in [0.2, 0.25) is 0 Å². The molecule has 2 rings (SSSR count). The number of amides is 1. The number of hydrogen-bond acceptors (Lipinski definition) is 4. The lowest BCUT2D eigenvalue weighted by molar-refractivity contribution is 0.0953. The minimum absolute atomic E-state index is 0.169. The second-order valence-electron chi connectivity index (χ2n) is 4.92. The van der Waals surface area contributed by atoms with Gasteiger partial charge >= 0.3 is 0 Å². The minimum atomic E-state index is -0.169. The first-order valence-corrected chi connectivity index (χ1v) is 8.26. The summed E-state index contributed by atoms with van der Waals surface area (Å²) in [5, 5.41) is 2.86. The van der Waals surface area contributed by atoms with E-state index in [2.05, 4.69) is 21.2 Å². The Morgan fingerprint density at radius 2 is 2.22 bits per heavy atom. The first-order valence-electron chi connectivity index (χ1n) is 7.46. The lowest BCUT2D eigenvalue weighted by Crippen LogP contribution is -2.25. The monoisotopic (exact) mass is 381 g/mol. The van der Waals surface area contributed by atoms with Crippen LogP contribution in [0, 0.1) is 0 Å². The van der Waals surface area contributed by atoms with Crippen molar-refractivity contribution in [3.8, 4) is 11.5 Å². The fraction of sp³-hybridized carbons (Fsp3) is 0.353. The van der Waals surface area contributed by atoms with Gasteiger partial charge in [-0.05, 0) is 46.6 Å². The van der Waals surface area contributed by atoms with E-state index in [1.807, 2.05) is 19.1 Å². The molecule has 0 fully saturated rings. The molecule has 1 N–H and O–H groups in total. The van der Waals surface area contributed by atoms with Crippen LogP contribution < -0.4 is 14.8 Å². The quantitative estimate of drug-likeness (QED) is 0.754. The van der Waals surface area contributed by atoms with Crippen LogP contribution in [-0.4, -0.2) is 26.2 Å². The van der Waals surface area contributed by atoms with Crippen molar-refractivity contribution in [2.45, 2.75) is 19.8 Å². The smallest absolute Gasteiger partial charge is 0.251 e. The number of carbonyl (C=O) groups excluding carboxylic acids is 1. The molecule has 0 unspecified atom stereocenters. The Bertz CT molecular complexity index is 640. The maximum Gasteiger partial charge on any atom is 0.251 e. The van der Waals surface area contributed by atoms with Crippen LogP contribution in [0.5, 0.6) is 11.5 Å². The zero-order valence-corrected chi connectivity index (χ0v) is 14.8. The van der Waals surface area contributed by atoms with Crippen molar-refractivity contribution in [3.05, 3.63) is 46.3 Å². The molecule has 0 saturated heterocycles. The summed E-state index contributed by atoms with van der Waals surface area (Å²) in [6, 6.07) is 7.12. The largest absolute Gasteiger partial charge is 0.493 e. The number of carbonyl (C=O) groups is 1. The van der Waals surface area contributed by atoms with Gasteiger partial charge in [0.1, 0.15) is 5.76 Å². The third-order valence-electron chi connectivity index (χ3n) is 3.18. The highest BCUT2D eigenvalue weighted by molar-refractivity contribution is 9.10. The van der Waals surface area contributed by atoms with Gasteiger partial charge in [-0.25, -0.2) is 0 Å². The molecule has 1 amide bonds. The molecule has 1 heterocycles. The molecule has 6 heteroatoms. The van der Waals surface area contributed by atoms with Crippen LogP contribution >= 0.6 is 15.9 Å². The normalized spacial score (nSPS) is 10.4. The van der Waals surface area contributed by atoms with Gasteiger partial charge in [0.25, 0.3) is 5.91 Å². The van der Waals surface area contributed by atoms with Crippen molar-refractivity contribution in [1.82, 2.24) is 5.32 Å². The maximum absolute atomic E-state index is 12.3. The summed E-state index contributed by atoms with van der Waals surface area (Å²) < 4.78 is 16.9. The molecular weight excluding hydrogens is 362 g/mol. The minimum Gasteiger partial charge on any atom is -0.493 e. The summed E-state index contributed by atoms with van der Waals surface area (Å²) in [5.74, 6) is 1.82. The van der Waals surface area contributed by atoms with E-state index in [-0.39, 0.29) is 5.91 Å². The van der Waals surface area contributed by atoms with Crippen LogP contribution in [0.4, 0.5) is 0 Å². The summed E-state index contributed by atoms with van der Waals surface area (Å²) >= 11 is 3.44. The molecule has 0 spiro atoms. The molecule has 124 valence electrons. The van der Waals surface area contributed by atoms with Crippen molar-refractivity contribution in [3.63, 3.8) is 0 Å². The average molecular weight is 382 g/mol. The van der Waals surface area contributed by atoms with Crippen molar-refractivity contribution >= 4 is 21.8 Å². The second kappa shape index (κ2) is 8.62. The van der Waals surface area contributed by atoms with E-state index in [9.17, 15) is 4.79 Å². The fourth-order valence-electron chi connectivity index (χ4n) is 2.05. The number of rotatable bonds is 8. The predicted octanol–water partition coefficient (Wildman–Crippen LogP) is 3.81. The first kappa shape index (κ1) is 17.4. The van der Waals surface area contributed by atoms with E-state index in [1.54, 1.807) is 25.5 Å². The average Bonchev–Trinajstić information content (AvgIpc) is 3.06. The van der Waals surface area contributed by atoms with Crippen molar-refractivity contribution < 1.29 is 18.7 Å². The number of halogens is 1. The van der Waals surface area contributed by atoms with Crippen LogP contribution in [0.3, 0.4) is 0 Å². The summed E-state index contributed by atoms with van der Waals surface area (Å²) in [7, 11) is 1.55. The summed E-state index contributed by atoms with van der Waals surface area (Å²) in [6.07, 6.45) is 3.16. The number of nitrogens with one attached hydrogen (secondary N) is 1. The summed E-state index contributed by atoms with van der Waals surface area (Å²) in [6.45, 7) is 3.12. The van der Waals surface area contributed by atoms with E-state index in [0.29, 0.717) is 41.1 Å². The van der Waals surface area contributed by atoms with Crippen molar-refractivity contribution in [2.75, 3.05) is 20.3 Å². The van der Waals surface area contributed by atoms with Gasteiger partial charge in [-0.1, -0.05) is 6.92 Å². The lowest BCUT2D eigenvalue weighted by Gasteiger charge is -2.14. The van der Waals surface area contributed by atoms with E-state index in [1.165, 1.54) is 0 Å². The topological polar surface area (TPSA) is 60.7 Å². The zero-order valence-electron chi connectivity index (χ0n) is 13.2. The Labute approximate surface area is 144 Å². The predicted molar refractivity (Wildman–Crippen MR) is 91.2 cm³/mol. The van der Waals surface area contributed by atoms with Gasteiger partial charge in [0, 0.05) is 18.5 Å². The van der Waals surface area contributed by atoms with Crippen LogP contribution in [0.25, 0.3) is 0 Å². The molecule has 0 saturated carbocycles. The standard InChI is InChI=1S/C17H20BrNO4/c1-3-8-23-16-14(18)10-12(11-15(16)21-2)17(20)19-7-6-13-5-4-9-22-13/h4-5,9-11H,3,6-8H2,1-2H3,(H,19,20). The SMILES string of the molecule is CCCOc1c(Br)cc(C(=O)NCCc2ccco2)cc1OC. The van der Waals surface area contributed by atoms with Gasteiger partial charge in [-0.15, -0.1) is 0 Å². The second-order valence-corrected chi connectivity index (χ2v) is 5.78. The van der Waals surface area contributed by atoms with Gasteiger partial charge in [0.05, 0.1) is 24.5 Å². The Balaban J connectivity index is 2.03. The highest BCUT2D eigenvalue weighted by Gasteiger charge is 2.15. The maximum atomic E-state index is 12.3. The lowest BCUT2D eigenvalue weighted by atomic mass is 10.2. The number of furan rings is 1. The highest BCUT2D eigenvalue weighted by Crippen LogP contribution is 2.36. The van der Waals surface area contributed by atoms with Crippen molar-refractivity contribution in [1.29, 1.82) is 0 Å². The van der Waals surface area contributed by atoms with Crippen LogP contribution in [0.15, 0.2) is 39.4 Å². The van der Waals surface area contributed by atoms with Gasteiger partial charge in [-0.2, -0.15) is 0 Å². The molecule has 2 aromatic rings. The number of methoxy groups -OCH3 is 1. The Kier molecular flexibility index (Phi) is 6.52. The summed E-state index contributed by atoms with van der Waals surface area (Å²) in [5.41, 5.74) is 0.511. The molecule has 23 heavy (non-hydrogen) atoms. The Morgan fingerprint density at radius 3 is 2.87 bits per heavy atom. The third kappa shape index (κ3) is 4.76. The number of benzene rings is 1. The Hall–Kier alpha value is -1.95. The van der Waals surface area contributed by atoms with Crippen molar-refractivity contribution in [2.24, 2.45) is 0 Å². The molecule has 0 aliphatic carbocycles. The molecule has 0 bridgehead atoms. The fourth-order valence-corrected chi connectivity index (χ4v) is 2.61. The zero-order chi connectivity index (χ0) is 16.7. The van der Waals surface area contributed by atoms with Crippen LogP contribution in [0.1, 0.15) is 29.5 Å². The van der Waals surface area contributed by atoms with Gasteiger partial charge < -0.3 is 19.2 Å². The molecule has 0 aliphatic rings. The molecule has 0 radical (unpaired) electrons. The van der Waals surface area contributed by atoms with Gasteiger partial charge in [0.2, 0.25) is 0 Å². The molecule has 1 aromatic carbocycles. The number of ether oxygens (including phenoxy) is 2.